The SMILES string of the molecule is Cc1ccc(C#N)c(Sc2ccccc2O)c1. The van der Waals surface area contributed by atoms with Crippen LogP contribution in [0, 0.1) is 18.3 Å². The maximum absolute atomic E-state index is 9.70. The second-order valence-corrected chi connectivity index (χ2v) is 4.76. The lowest BCUT2D eigenvalue weighted by atomic mass is 10.2. The third-order valence-electron chi connectivity index (χ3n) is 2.34. The van der Waals surface area contributed by atoms with Crippen molar-refractivity contribution in [2.45, 2.75) is 16.7 Å². The number of nitriles is 1. The van der Waals surface area contributed by atoms with Crippen LogP contribution in [-0.4, -0.2) is 5.11 Å². The number of nitrogens with zero attached hydrogens (tertiary/aromatic N) is 1. The molecule has 2 rings (SSSR count). The molecule has 1 N–H and O–H groups in total. The van der Waals surface area contributed by atoms with Crippen molar-refractivity contribution in [1.82, 2.24) is 0 Å². The van der Waals surface area contributed by atoms with Gasteiger partial charge in [0.1, 0.15) is 11.8 Å². The Balaban J connectivity index is 2.40. The summed E-state index contributed by atoms with van der Waals surface area (Å²) in [4.78, 5) is 1.63. The van der Waals surface area contributed by atoms with Gasteiger partial charge in [0, 0.05) is 4.90 Å². The summed E-state index contributed by atoms with van der Waals surface area (Å²) < 4.78 is 0. The van der Waals surface area contributed by atoms with Gasteiger partial charge in [-0.2, -0.15) is 5.26 Å². The quantitative estimate of drug-likeness (QED) is 0.871. The zero-order chi connectivity index (χ0) is 12.3. The fourth-order valence-corrected chi connectivity index (χ4v) is 2.49. The zero-order valence-electron chi connectivity index (χ0n) is 9.34. The van der Waals surface area contributed by atoms with Gasteiger partial charge < -0.3 is 5.11 Å². The average molecular weight is 241 g/mol. The molecular formula is C14H11NOS. The second kappa shape index (κ2) is 4.94. The van der Waals surface area contributed by atoms with E-state index in [1.807, 2.05) is 31.2 Å². The Morgan fingerprint density at radius 3 is 2.59 bits per heavy atom. The Morgan fingerprint density at radius 2 is 1.88 bits per heavy atom. The van der Waals surface area contributed by atoms with E-state index in [1.54, 1.807) is 18.2 Å². The first-order valence-corrected chi connectivity index (χ1v) is 5.99. The standard InChI is InChI=1S/C14H11NOS/c1-10-6-7-11(9-15)14(8-10)17-13-5-3-2-4-12(13)16/h2-8,16H,1H3. The average Bonchev–Trinajstić information content (AvgIpc) is 2.32. The molecular weight excluding hydrogens is 230 g/mol. The summed E-state index contributed by atoms with van der Waals surface area (Å²) in [5, 5.41) is 18.7. The molecule has 0 unspecified atom stereocenters. The molecule has 2 aromatic rings. The smallest absolute Gasteiger partial charge is 0.129 e. The Labute approximate surface area is 105 Å². The Kier molecular flexibility index (Phi) is 3.36. The number of para-hydroxylation sites is 1. The molecule has 0 saturated carbocycles. The van der Waals surface area contributed by atoms with E-state index in [0.29, 0.717) is 5.56 Å². The summed E-state index contributed by atoms with van der Waals surface area (Å²) in [6.45, 7) is 1.98. The van der Waals surface area contributed by atoms with Crippen LogP contribution in [0.5, 0.6) is 5.75 Å². The van der Waals surface area contributed by atoms with Crippen molar-refractivity contribution < 1.29 is 5.11 Å². The molecule has 0 atom stereocenters. The van der Waals surface area contributed by atoms with Gasteiger partial charge in [0.2, 0.25) is 0 Å². The first kappa shape index (κ1) is 11.6. The summed E-state index contributed by atoms with van der Waals surface area (Å²) in [5.41, 5.74) is 1.73. The highest BCUT2D eigenvalue weighted by atomic mass is 32.2. The molecule has 0 aliphatic rings. The maximum atomic E-state index is 9.70. The maximum Gasteiger partial charge on any atom is 0.129 e. The van der Waals surface area contributed by atoms with Crippen LogP contribution in [0.2, 0.25) is 0 Å². The number of rotatable bonds is 2. The van der Waals surface area contributed by atoms with Gasteiger partial charge >= 0.3 is 0 Å². The number of phenols is 1. The van der Waals surface area contributed by atoms with E-state index in [9.17, 15) is 5.11 Å². The minimum absolute atomic E-state index is 0.239. The highest BCUT2D eigenvalue weighted by Gasteiger charge is 2.07. The Bertz CT molecular complexity index is 587. The van der Waals surface area contributed by atoms with Crippen LogP contribution in [-0.2, 0) is 0 Å². The third kappa shape index (κ3) is 2.61. The van der Waals surface area contributed by atoms with Crippen LogP contribution in [0.4, 0.5) is 0 Å². The normalized spacial score (nSPS) is 9.88. The monoisotopic (exact) mass is 241 g/mol. The first-order chi connectivity index (χ1) is 8.20. The predicted molar refractivity (Wildman–Crippen MR) is 68.1 cm³/mol. The van der Waals surface area contributed by atoms with Crippen molar-refractivity contribution >= 4 is 11.8 Å². The number of phenolic OH excluding ortho intramolecular Hbond substituents is 1. The molecule has 0 amide bonds. The van der Waals surface area contributed by atoms with E-state index in [0.717, 1.165) is 15.4 Å². The summed E-state index contributed by atoms with van der Waals surface area (Å²) in [6, 6.07) is 15.0. The Hall–Kier alpha value is -1.92. The molecule has 0 bridgehead atoms. The summed E-state index contributed by atoms with van der Waals surface area (Å²) >= 11 is 1.41. The number of aromatic hydroxyl groups is 1. The summed E-state index contributed by atoms with van der Waals surface area (Å²) in [6.07, 6.45) is 0. The van der Waals surface area contributed by atoms with Gasteiger partial charge in [-0.05, 0) is 36.8 Å². The van der Waals surface area contributed by atoms with E-state index in [4.69, 9.17) is 5.26 Å². The minimum atomic E-state index is 0.239. The molecule has 0 saturated heterocycles. The fourth-order valence-electron chi connectivity index (χ4n) is 1.47. The third-order valence-corrected chi connectivity index (χ3v) is 3.47. The predicted octanol–water partition coefficient (Wildman–Crippen LogP) is 3.72. The lowest BCUT2D eigenvalue weighted by Gasteiger charge is -2.06. The molecule has 3 heteroatoms. The van der Waals surface area contributed by atoms with Crippen LogP contribution in [0.15, 0.2) is 52.3 Å². The highest BCUT2D eigenvalue weighted by molar-refractivity contribution is 7.99. The van der Waals surface area contributed by atoms with Crippen LogP contribution in [0.1, 0.15) is 11.1 Å². The van der Waals surface area contributed by atoms with Crippen LogP contribution >= 0.6 is 11.8 Å². The van der Waals surface area contributed by atoms with E-state index >= 15 is 0 Å². The van der Waals surface area contributed by atoms with Crippen molar-refractivity contribution in [3.8, 4) is 11.8 Å². The molecule has 0 aliphatic carbocycles. The molecule has 2 aromatic carbocycles. The Morgan fingerprint density at radius 1 is 1.12 bits per heavy atom. The van der Waals surface area contributed by atoms with Crippen molar-refractivity contribution in [3.63, 3.8) is 0 Å². The van der Waals surface area contributed by atoms with Gasteiger partial charge in [0.25, 0.3) is 0 Å². The van der Waals surface area contributed by atoms with Crippen molar-refractivity contribution in [1.29, 1.82) is 5.26 Å². The van der Waals surface area contributed by atoms with Gasteiger partial charge in [-0.1, -0.05) is 30.0 Å². The molecule has 17 heavy (non-hydrogen) atoms. The summed E-state index contributed by atoms with van der Waals surface area (Å²) in [7, 11) is 0. The van der Waals surface area contributed by atoms with Gasteiger partial charge in [-0.3, -0.25) is 0 Å². The number of benzene rings is 2. The van der Waals surface area contributed by atoms with E-state index in [-0.39, 0.29) is 5.75 Å². The van der Waals surface area contributed by atoms with Gasteiger partial charge in [0.05, 0.1) is 10.5 Å². The lowest BCUT2D eigenvalue weighted by molar-refractivity contribution is 0.462. The van der Waals surface area contributed by atoms with Gasteiger partial charge in [-0.25, -0.2) is 0 Å². The van der Waals surface area contributed by atoms with E-state index < -0.39 is 0 Å². The minimum Gasteiger partial charge on any atom is -0.507 e. The largest absolute Gasteiger partial charge is 0.507 e. The lowest BCUT2D eigenvalue weighted by Crippen LogP contribution is -1.83. The van der Waals surface area contributed by atoms with Crippen molar-refractivity contribution in [2.75, 3.05) is 0 Å². The van der Waals surface area contributed by atoms with Crippen LogP contribution in [0.25, 0.3) is 0 Å². The molecule has 0 spiro atoms. The van der Waals surface area contributed by atoms with Gasteiger partial charge in [-0.15, -0.1) is 0 Å². The molecule has 0 aliphatic heterocycles. The molecule has 84 valence electrons. The van der Waals surface area contributed by atoms with E-state index in [1.165, 1.54) is 11.8 Å². The topological polar surface area (TPSA) is 44.0 Å². The number of hydrogen-bond acceptors (Lipinski definition) is 3. The van der Waals surface area contributed by atoms with Crippen molar-refractivity contribution in [2.24, 2.45) is 0 Å². The molecule has 2 nitrogen and oxygen atoms in total. The molecule has 0 radical (unpaired) electrons. The summed E-state index contributed by atoms with van der Waals surface area (Å²) in [5.74, 6) is 0.239. The van der Waals surface area contributed by atoms with Crippen LogP contribution < -0.4 is 0 Å². The van der Waals surface area contributed by atoms with E-state index in [2.05, 4.69) is 6.07 Å². The molecule has 0 fully saturated rings. The number of hydrogen-bond donors (Lipinski definition) is 1. The fraction of sp³-hybridized carbons (Fsp3) is 0.0714. The first-order valence-electron chi connectivity index (χ1n) is 5.17. The number of aryl methyl sites for hydroxylation is 1. The zero-order valence-corrected chi connectivity index (χ0v) is 10.2. The molecule has 0 aromatic heterocycles. The second-order valence-electron chi connectivity index (χ2n) is 3.68. The van der Waals surface area contributed by atoms with Crippen molar-refractivity contribution in [3.05, 3.63) is 53.6 Å². The van der Waals surface area contributed by atoms with Crippen LogP contribution in [0.3, 0.4) is 0 Å². The molecule has 0 heterocycles. The van der Waals surface area contributed by atoms with Gasteiger partial charge in [0.15, 0.2) is 0 Å². The highest BCUT2D eigenvalue weighted by Crippen LogP contribution is 2.35.